The Balaban J connectivity index is 3.31. The van der Waals surface area contributed by atoms with Crippen LogP contribution in [0.25, 0.3) is 0 Å². The van der Waals surface area contributed by atoms with Gasteiger partial charge in [-0.15, -0.1) is 0 Å². The van der Waals surface area contributed by atoms with Crippen LogP contribution < -0.4 is 25.3 Å². The molecule has 0 heterocycles. The molecule has 0 amide bonds. The summed E-state index contributed by atoms with van der Waals surface area (Å²) in [6, 6.07) is 3.87. The maximum Gasteiger partial charge on any atom is 0.164 e. The highest BCUT2D eigenvalue weighted by Gasteiger charge is 2.22. The van der Waals surface area contributed by atoms with Gasteiger partial charge in [-0.25, -0.2) is 0 Å². The number of rotatable bonds is 7. The quantitative estimate of drug-likeness (QED) is 0.786. The molecule has 3 N–H and O–H groups in total. The van der Waals surface area contributed by atoms with E-state index in [2.05, 4.69) is 12.2 Å². The molecule has 2 atom stereocenters. The highest BCUT2D eigenvalue weighted by atomic mass is 16.5. The molecule has 19 heavy (non-hydrogen) atoms. The van der Waals surface area contributed by atoms with Gasteiger partial charge in [0.25, 0.3) is 0 Å². The minimum atomic E-state index is 0.0970. The summed E-state index contributed by atoms with van der Waals surface area (Å²) in [5.41, 5.74) is 6.78. The van der Waals surface area contributed by atoms with E-state index in [4.69, 9.17) is 19.9 Å². The van der Waals surface area contributed by atoms with Gasteiger partial charge in [0, 0.05) is 17.7 Å². The third-order valence-corrected chi connectivity index (χ3v) is 3.32. The molecule has 0 aromatic heterocycles. The largest absolute Gasteiger partial charge is 0.496 e. The van der Waals surface area contributed by atoms with Crippen LogP contribution >= 0.6 is 0 Å². The van der Waals surface area contributed by atoms with Crippen LogP contribution in [0.5, 0.6) is 17.2 Å². The molecule has 1 aromatic carbocycles. The van der Waals surface area contributed by atoms with Gasteiger partial charge in [0.2, 0.25) is 0 Å². The molecule has 5 nitrogen and oxygen atoms in total. The molecule has 0 saturated heterocycles. The maximum atomic E-state index is 5.77. The van der Waals surface area contributed by atoms with Crippen LogP contribution in [0.1, 0.15) is 18.5 Å². The summed E-state index contributed by atoms with van der Waals surface area (Å²) in [7, 11) is 6.78. The summed E-state index contributed by atoms with van der Waals surface area (Å²) in [5, 5.41) is 3.28. The van der Waals surface area contributed by atoms with Gasteiger partial charge in [-0.05, 0) is 25.6 Å². The average Bonchev–Trinajstić information content (AvgIpc) is 2.46. The Hall–Kier alpha value is -1.46. The lowest BCUT2D eigenvalue weighted by molar-refractivity contribution is 0.339. The molecule has 0 aliphatic heterocycles. The topological polar surface area (TPSA) is 65.7 Å². The summed E-state index contributed by atoms with van der Waals surface area (Å²) < 4.78 is 16.1. The van der Waals surface area contributed by atoms with E-state index in [-0.39, 0.29) is 12.0 Å². The van der Waals surface area contributed by atoms with Crippen molar-refractivity contribution in [2.75, 3.05) is 34.9 Å². The van der Waals surface area contributed by atoms with Crippen molar-refractivity contribution >= 4 is 0 Å². The van der Waals surface area contributed by atoms with Crippen molar-refractivity contribution in [1.82, 2.24) is 5.32 Å². The van der Waals surface area contributed by atoms with Crippen LogP contribution in [0.4, 0.5) is 0 Å². The number of ether oxygens (including phenoxy) is 3. The molecular formula is C14H24N2O3. The van der Waals surface area contributed by atoms with Crippen molar-refractivity contribution in [3.63, 3.8) is 0 Å². The fourth-order valence-corrected chi connectivity index (χ4v) is 2.18. The molecule has 0 aliphatic rings. The molecule has 2 unspecified atom stereocenters. The van der Waals surface area contributed by atoms with Crippen LogP contribution in [0.2, 0.25) is 0 Å². The Kier molecular flexibility index (Phi) is 5.92. The van der Waals surface area contributed by atoms with E-state index in [1.165, 1.54) is 0 Å². The van der Waals surface area contributed by atoms with E-state index >= 15 is 0 Å². The number of hydrogen-bond donors (Lipinski definition) is 2. The minimum absolute atomic E-state index is 0.0970. The third kappa shape index (κ3) is 3.30. The van der Waals surface area contributed by atoms with E-state index in [0.29, 0.717) is 18.0 Å². The fraction of sp³-hybridized carbons (Fsp3) is 0.571. The number of benzene rings is 1. The fourth-order valence-electron chi connectivity index (χ4n) is 2.18. The van der Waals surface area contributed by atoms with Gasteiger partial charge in [-0.1, -0.05) is 6.92 Å². The van der Waals surface area contributed by atoms with Crippen molar-refractivity contribution in [1.29, 1.82) is 0 Å². The van der Waals surface area contributed by atoms with Crippen molar-refractivity contribution in [3.05, 3.63) is 17.7 Å². The minimum Gasteiger partial charge on any atom is -0.496 e. The predicted molar refractivity (Wildman–Crippen MR) is 76.1 cm³/mol. The van der Waals surface area contributed by atoms with Crippen molar-refractivity contribution < 1.29 is 14.2 Å². The number of nitrogens with one attached hydrogen (secondary N) is 1. The van der Waals surface area contributed by atoms with Crippen LogP contribution in [-0.4, -0.2) is 34.9 Å². The standard InChI is InChI=1S/C14H24N2O3/c1-9(8-15)14(16-2)10-6-12(18-4)13(19-5)7-11(10)17-3/h6-7,9,14,16H,8,15H2,1-5H3. The average molecular weight is 268 g/mol. The molecular weight excluding hydrogens is 244 g/mol. The van der Waals surface area contributed by atoms with Gasteiger partial charge < -0.3 is 25.3 Å². The van der Waals surface area contributed by atoms with Gasteiger partial charge >= 0.3 is 0 Å². The van der Waals surface area contributed by atoms with Crippen molar-refractivity contribution in [3.8, 4) is 17.2 Å². The Bertz CT molecular complexity index is 410. The van der Waals surface area contributed by atoms with Crippen LogP contribution in [0, 0.1) is 5.92 Å². The summed E-state index contributed by atoms with van der Waals surface area (Å²) in [6.07, 6.45) is 0. The van der Waals surface area contributed by atoms with Crippen molar-refractivity contribution in [2.24, 2.45) is 11.7 Å². The lowest BCUT2D eigenvalue weighted by atomic mass is 9.93. The van der Waals surface area contributed by atoms with Crippen LogP contribution in [0.3, 0.4) is 0 Å². The Morgan fingerprint density at radius 1 is 1.05 bits per heavy atom. The molecule has 0 bridgehead atoms. The monoisotopic (exact) mass is 268 g/mol. The molecule has 1 aromatic rings. The first-order chi connectivity index (χ1) is 9.12. The molecule has 0 saturated carbocycles. The Morgan fingerprint density at radius 3 is 2.00 bits per heavy atom. The smallest absolute Gasteiger partial charge is 0.164 e. The second-order valence-electron chi connectivity index (χ2n) is 4.43. The predicted octanol–water partition coefficient (Wildman–Crippen LogP) is 1.57. The molecule has 108 valence electrons. The summed E-state index contributed by atoms with van der Waals surface area (Å²) in [6.45, 7) is 2.68. The van der Waals surface area contributed by atoms with E-state index in [1.807, 2.05) is 19.2 Å². The number of hydrogen-bond acceptors (Lipinski definition) is 5. The first kappa shape index (κ1) is 15.6. The second kappa shape index (κ2) is 7.21. The molecule has 0 radical (unpaired) electrons. The molecule has 0 aliphatic carbocycles. The van der Waals surface area contributed by atoms with E-state index in [9.17, 15) is 0 Å². The summed E-state index contributed by atoms with van der Waals surface area (Å²) in [4.78, 5) is 0. The van der Waals surface area contributed by atoms with Crippen LogP contribution in [-0.2, 0) is 0 Å². The Labute approximate surface area is 115 Å². The zero-order chi connectivity index (χ0) is 14.4. The summed E-state index contributed by atoms with van der Waals surface area (Å²) >= 11 is 0. The highest BCUT2D eigenvalue weighted by Crippen LogP contribution is 2.39. The highest BCUT2D eigenvalue weighted by molar-refractivity contribution is 5.52. The molecule has 0 fully saturated rings. The SMILES string of the molecule is CNC(c1cc(OC)c(OC)cc1OC)C(C)CN. The zero-order valence-electron chi connectivity index (χ0n) is 12.3. The maximum absolute atomic E-state index is 5.77. The normalized spacial score (nSPS) is 13.8. The van der Waals surface area contributed by atoms with Gasteiger partial charge in [0.15, 0.2) is 11.5 Å². The van der Waals surface area contributed by atoms with E-state index in [1.54, 1.807) is 21.3 Å². The van der Waals surface area contributed by atoms with Crippen LogP contribution in [0.15, 0.2) is 12.1 Å². The van der Waals surface area contributed by atoms with Gasteiger partial charge in [-0.3, -0.25) is 0 Å². The number of nitrogens with two attached hydrogens (primary N) is 1. The zero-order valence-corrected chi connectivity index (χ0v) is 12.3. The number of methoxy groups -OCH3 is 3. The third-order valence-electron chi connectivity index (χ3n) is 3.32. The molecule has 0 spiro atoms. The first-order valence-electron chi connectivity index (χ1n) is 6.30. The molecule has 5 heteroatoms. The summed E-state index contributed by atoms with van der Waals surface area (Å²) in [5.74, 6) is 2.37. The van der Waals surface area contributed by atoms with E-state index < -0.39 is 0 Å². The molecule has 1 rings (SSSR count). The lowest BCUT2D eigenvalue weighted by Crippen LogP contribution is -2.29. The lowest BCUT2D eigenvalue weighted by Gasteiger charge is -2.25. The van der Waals surface area contributed by atoms with Crippen molar-refractivity contribution in [2.45, 2.75) is 13.0 Å². The Morgan fingerprint density at radius 2 is 1.58 bits per heavy atom. The first-order valence-corrected chi connectivity index (χ1v) is 6.30. The van der Waals surface area contributed by atoms with Gasteiger partial charge in [-0.2, -0.15) is 0 Å². The second-order valence-corrected chi connectivity index (χ2v) is 4.43. The van der Waals surface area contributed by atoms with Gasteiger partial charge in [0.1, 0.15) is 5.75 Å². The van der Waals surface area contributed by atoms with Gasteiger partial charge in [0.05, 0.1) is 21.3 Å². The van der Waals surface area contributed by atoms with E-state index in [0.717, 1.165) is 11.3 Å².